The molecule has 0 bridgehead atoms. The number of hydrogen-bond acceptors (Lipinski definition) is 4. The van der Waals surface area contributed by atoms with Crippen LogP contribution in [0.15, 0.2) is 5.03 Å². The summed E-state index contributed by atoms with van der Waals surface area (Å²) in [6, 6.07) is 0. The Morgan fingerprint density at radius 1 is 1.44 bits per heavy atom. The smallest absolute Gasteiger partial charge is 0.0987 e. The summed E-state index contributed by atoms with van der Waals surface area (Å²) < 4.78 is 7.45. The zero-order valence-electron chi connectivity index (χ0n) is 11.5. The molecule has 0 spiro atoms. The molecule has 1 N–H and O–H groups in total. The van der Waals surface area contributed by atoms with Gasteiger partial charge in [0.2, 0.25) is 0 Å². The minimum absolute atomic E-state index is 0.675. The van der Waals surface area contributed by atoms with Crippen molar-refractivity contribution in [2.45, 2.75) is 43.5 Å². The van der Waals surface area contributed by atoms with Crippen LogP contribution in [0.5, 0.6) is 0 Å². The topological polar surface area (TPSA) is 39.1 Å². The predicted molar refractivity (Wildman–Crippen MR) is 75.0 cm³/mol. The summed E-state index contributed by atoms with van der Waals surface area (Å²) in [5, 5.41) is 9.95. The minimum Gasteiger partial charge on any atom is -0.381 e. The number of hydrogen-bond donors (Lipinski definition) is 1. The Morgan fingerprint density at radius 2 is 2.17 bits per heavy atom. The van der Waals surface area contributed by atoms with Crippen molar-refractivity contribution in [2.24, 2.45) is 7.05 Å². The molecule has 1 saturated heterocycles. The normalized spacial score (nSPS) is 17.3. The average Bonchev–Trinajstić information content (AvgIpc) is 2.63. The Balaban J connectivity index is 2.09. The summed E-state index contributed by atoms with van der Waals surface area (Å²) >= 11 is 1.97. The number of thioether (sulfide) groups is 1. The van der Waals surface area contributed by atoms with Crippen LogP contribution in [-0.2, 0) is 18.3 Å². The highest BCUT2D eigenvalue weighted by Crippen LogP contribution is 2.32. The molecule has 0 amide bonds. The van der Waals surface area contributed by atoms with Crippen molar-refractivity contribution in [2.75, 3.05) is 19.8 Å². The maximum absolute atomic E-state index is 5.42. The fraction of sp³-hybridized carbons (Fsp3) is 0.769. The number of nitrogens with zero attached hydrogens (tertiary/aromatic N) is 2. The molecule has 0 saturated carbocycles. The van der Waals surface area contributed by atoms with Crippen LogP contribution >= 0.6 is 11.8 Å². The van der Waals surface area contributed by atoms with Gasteiger partial charge in [-0.2, -0.15) is 5.10 Å². The van der Waals surface area contributed by atoms with Crippen molar-refractivity contribution >= 4 is 11.8 Å². The van der Waals surface area contributed by atoms with Crippen molar-refractivity contribution in [3.05, 3.63) is 11.3 Å². The lowest BCUT2D eigenvalue weighted by atomic mass is 10.2. The van der Waals surface area contributed by atoms with E-state index in [1.165, 1.54) is 10.6 Å². The van der Waals surface area contributed by atoms with Crippen LogP contribution in [0.4, 0.5) is 0 Å². The van der Waals surface area contributed by atoms with E-state index in [0.717, 1.165) is 44.8 Å². The third-order valence-electron chi connectivity index (χ3n) is 3.29. The van der Waals surface area contributed by atoms with Gasteiger partial charge in [-0.3, -0.25) is 4.68 Å². The zero-order valence-corrected chi connectivity index (χ0v) is 12.3. The third kappa shape index (κ3) is 3.28. The first-order valence-electron chi connectivity index (χ1n) is 6.70. The number of nitrogens with one attached hydrogen (secondary N) is 1. The molecular weight excluding hydrogens is 246 g/mol. The van der Waals surface area contributed by atoms with Gasteiger partial charge in [0, 0.05) is 37.6 Å². The molecule has 0 aliphatic carbocycles. The maximum Gasteiger partial charge on any atom is 0.0987 e. The fourth-order valence-electron chi connectivity index (χ4n) is 2.23. The summed E-state index contributed by atoms with van der Waals surface area (Å²) in [6.07, 6.45) is 2.30. The van der Waals surface area contributed by atoms with E-state index in [4.69, 9.17) is 4.74 Å². The molecule has 0 aromatic carbocycles. The second-order valence-electron chi connectivity index (χ2n) is 4.70. The second kappa shape index (κ2) is 6.59. The largest absolute Gasteiger partial charge is 0.381 e. The molecule has 1 aliphatic rings. The molecule has 0 unspecified atom stereocenters. The Hall–Kier alpha value is -0.520. The fourth-order valence-corrected chi connectivity index (χ4v) is 3.53. The number of aryl methyl sites for hydroxylation is 2. The average molecular weight is 269 g/mol. The van der Waals surface area contributed by atoms with E-state index in [-0.39, 0.29) is 0 Å². The van der Waals surface area contributed by atoms with E-state index in [1.54, 1.807) is 0 Å². The molecule has 1 aromatic heterocycles. The van der Waals surface area contributed by atoms with Crippen LogP contribution in [0.2, 0.25) is 0 Å². The molecule has 0 atom stereocenters. The van der Waals surface area contributed by atoms with Crippen LogP contribution in [0, 0.1) is 6.92 Å². The zero-order chi connectivity index (χ0) is 13.0. The SMILES string of the molecule is CCNCc1c(C)nn(C)c1SC1CCOCC1. The summed E-state index contributed by atoms with van der Waals surface area (Å²) in [6.45, 7) is 7.95. The van der Waals surface area contributed by atoms with Crippen molar-refractivity contribution in [1.29, 1.82) is 0 Å². The van der Waals surface area contributed by atoms with Gasteiger partial charge >= 0.3 is 0 Å². The van der Waals surface area contributed by atoms with Gasteiger partial charge in [-0.25, -0.2) is 0 Å². The quantitative estimate of drug-likeness (QED) is 0.888. The molecule has 18 heavy (non-hydrogen) atoms. The molecule has 2 rings (SSSR count). The van der Waals surface area contributed by atoms with Crippen LogP contribution in [0.1, 0.15) is 31.0 Å². The Morgan fingerprint density at radius 3 is 2.83 bits per heavy atom. The van der Waals surface area contributed by atoms with E-state index in [2.05, 4.69) is 24.3 Å². The Kier molecular flexibility index (Phi) is 5.09. The lowest BCUT2D eigenvalue weighted by molar-refractivity contribution is 0.1000. The van der Waals surface area contributed by atoms with Crippen LogP contribution < -0.4 is 5.32 Å². The second-order valence-corrected chi connectivity index (χ2v) is 5.99. The first-order chi connectivity index (χ1) is 8.72. The van der Waals surface area contributed by atoms with Gasteiger partial charge in [0.15, 0.2) is 0 Å². The van der Waals surface area contributed by atoms with Gasteiger partial charge in [0.1, 0.15) is 0 Å². The third-order valence-corrected chi connectivity index (χ3v) is 4.83. The molecule has 5 heteroatoms. The van der Waals surface area contributed by atoms with Gasteiger partial charge in [-0.1, -0.05) is 6.92 Å². The number of rotatable bonds is 5. The summed E-state index contributed by atoms with van der Waals surface area (Å²) in [7, 11) is 2.05. The summed E-state index contributed by atoms with van der Waals surface area (Å²) in [5.41, 5.74) is 2.50. The first kappa shape index (κ1) is 13.9. The van der Waals surface area contributed by atoms with Gasteiger partial charge in [-0.05, 0) is 26.3 Å². The van der Waals surface area contributed by atoms with E-state index in [0.29, 0.717) is 5.25 Å². The first-order valence-corrected chi connectivity index (χ1v) is 7.58. The van der Waals surface area contributed by atoms with Crippen LogP contribution in [-0.4, -0.2) is 34.8 Å². The minimum atomic E-state index is 0.675. The molecule has 102 valence electrons. The van der Waals surface area contributed by atoms with E-state index < -0.39 is 0 Å². The van der Waals surface area contributed by atoms with E-state index in [9.17, 15) is 0 Å². The van der Waals surface area contributed by atoms with Crippen LogP contribution in [0.25, 0.3) is 0 Å². The molecule has 1 aromatic rings. The molecule has 0 radical (unpaired) electrons. The molecule has 2 heterocycles. The van der Waals surface area contributed by atoms with Crippen molar-refractivity contribution in [3.8, 4) is 0 Å². The highest BCUT2D eigenvalue weighted by molar-refractivity contribution is 7.99. The van der Waals surface area contributed by atoms with Crippen molar-refractivity contribution < 1.29 is 4.74 Å². The highest BCUT2D eigenvalue weighted by atomic mass is 32.2. The maximum atomic E-state index is 5.42. The summed E-state index contributed by atoms with van der Waals surface area (Å²) in [4.78, 5) is 0. The van der Waals surface area contributed by atoms with Gasteiger partial charge in [0.05, 0.1) is 10.7 Å². The molecule has 1 fully saturated rings. The van der Waals surface area contributed by atoms with Crippen molar-refractivity contribution in [3.63, 3.8) is 0 Å². The van der Waals surface area contributed by atoms with Gasteiger partial charge in [-0.15, -0.1) is 11.8 Å². The lowest BCUT2D eigenvalue weighted by Gasteiger charge is -2.22. The molecular formula is C13H23N3OS. The Labute approximate surface area is 113 Å². The molecule has 1 aliphatic heterocycles. The van der Waals surface area contributed by atoms with Crippen molar-refractivity contribution in [1.82, 2.24) is 15.1 Å². The van der Waals surface area contributed by atoms with Gasteiger partial charge < -0.3 is 10.1 Å². The Bertz CT molecular complexity index is 386. The van der Waals surface area contributed by atoms with E-state index >= 15 is 0 Å². The molecule has 4 nitrogen and oxygen atoms in total. The monoisotopic (exact) mass is 269 g/mol. The predicted octanol–water partition coefficient (Wildman–Crippen LogP) is 2.11. The van der Waals surface area contributed by atoms with E-state index in [1.807, 2.05) is 23.5 Å². The standard InChI is InChI=1S/C13H23N3OS/c1-4-14-9-12-10(2)15-16(3)13(12)18-11-5-7-17-8-6-11/h11,14H,4-9H2,1-3H3. The summed E-state index contributed by atoms with van der Waals surface area (Å²) in [5.74, 6) is 0. The lowest BCUT2D eigenvalue weighted by Crippen LogP contribution is -2.18. The van der Waals surface area contributed by atoms with Gasteiger partial charge in [0.25, 0.3) is 0 Å². The van der Waals surface area contributed by atoms with Crippen LogP contribution in [0.3, 0.4) is 0 Å². The number of ether oxygens (including phenoxy) is 1. The number of aromatic nitrogens is 2. The highest BCUT2D eigenvalue weighted by Gasteiger charge is 2.20.